The van der Waals surface area contributed by atoms with Gasteiger partial charge in [0.1, 0.15) is 0 Å². The van der Waals surface area contributed by atoms with Crippen molar-refractivity contribution in [2.45, 2.75) is 19.6 Å². The number of benzene rings is 1. The average molecular weight is 198 g/mol. The Morgan fingerprint density at radius 1 is 1.23 bits per heavy atom. The summed E-state index contributed by atoms with van der Waals surface area (Å²) in [5.74, 6) is 0.0597. The largest absolute Gasteiger partial charge is 0.494 e. The first-order valence-electron chi connectivity index (χ1n) is 4.29. The van der Waals surface area contributed by atoms with Crippen LogP contribution in [0.15, 0.2) is 18.2 Å². The minimum absolute atomic E-state index is 0.262. The van der Waals surface area contributed by atoms with Gasteiger partial charge in [0, 0.05) is 0 Å². The summed E-state index contributed by atoms with van der Waals surface area (Å²) in [6, 6.07) is 5.24. The molecule has 3 heteroatoms. The molecule has 1 aromatic carbocycles. The first-order chi connectivity index (χ1) is 5.95. The topological polar surface area (TPSA) is 9.23 Å². The predicted octanol–water partition coefficient (Wildman–Crippen LogP) is 2.38. The lowest BCUT2D eigenvalue weighted by atomic mass is 10.3. The van der Waals surface area contributed by atoms with Gasteiger partial charge in [-0.3, -0.25) is 0 Å². The lowest BCUT2D eigenvalue weighted by Crippen LogP contribution is -2.37. The quantitative estimate of drug-likeness (QED) is 0.663. The monoisotopic (exact) mass is 198 g/mol. The zero-order valence-corrected chi connectivity index (χ0v) is 9.52. The zero-order chi connectivity index (χ0) is 10.1. The number of methoxy groups -OCH3 is 1. The first-order valence-corrected chi connectivity index (χ1v) is 7.79. The van der Waals surface area contributed by atoms with Crippen molar-refractivity contribution >= 4 is 13.3 Å². The van der Waals surface area contributed by atoms with E-state index in [9.17, 15) is 4.39 Å². The molecule has 0 fully saturated rings. The van der Waals surface area contributed by atoms with E-state index < -0.39 is 8.07 Å². The van der Waals surface area contributed by atoms with Crippen molar-refractivity contribution in [1.29, 1.82) is 0 Å². The van der Waals surface area contributed by atoms with E-state index in [0.29, 0.717) is 5.75 Å². The number of ether oxygens (including phenoxy) is 1. The summed E-state index contributed by atoms with van der Waals surface area (Å²) in [5, 5.41) is 1.12. The second-order valence-corrected chi connectivity index (χ2v) is 9.18. The summed E-state index contributed by atoms with van der Waals surface area (Å²) in [5.41, 5.74) is 0. The van der Waals surface area contributed by atoms with Gasteiger partial charge in [-0.2, -0.15) is 0 Å². The molecule has 1 aromatic rings. The molecule has 0 saturated carbocycles. The maximum atomic E-state index is 13.3. The summed E-state index contributed by atoms with van der Waals surface area (Å²) >= 11 is 0. The highest BCUT2D eigenvalue weighted by atomic mass is 28.3. The molecule has 0 aromatic heterocycles. The van der Waals surface area contributed by atoms with Crippen LogP contribution in [0.4, 0.5) is 4.39 Å². The molecule has 0 saturated heterocycles. The third-order valence-electron chi connectivity index (χ3n) is 2.02. The van der Waals surface area contributed by atoms with Gasteiger partial charge in [-0.05, 0) is 12.1 Å². The number of hydrogen-bond donors (Lipinski definition) is 0. The fraction of sp³-hybridized carbons (Fsp3) is 0.400. The van der Waals surface area contributed by atoms with Gasteiger partial charge in [0.2, 0.25) is 0 Å². The highest BCUT2D eigenvalue weighted by Crippen LogP contribution is 2.15. The van der Waals surface area contributed by atoms with Gasteiger partial charge >= 0.3 is 0 Å². The van der Waals surface area contributed by atoms with Crippen LogP contribution in [-0.2, 0) is 0 Å². The van der Waals surface area contributed by atoms with E-state index in [4.69, 9.17) is 4.74 Å². The van der Waals surface area contributed by atoms with E-state index in [1.807, 2.05) is 6.07 Å². The van der Waals surface area contributed by atoms with Crippen LogP contribution in [0.3, 0.4) is 0 Å². The standard InChI is InChI=1S/C10H15FOSi/c1-12-10-6-5-8(7-9(10)11)13(2,3)4/h5-7H,1-4H3. The van der Waals surface area contributed by atoms with Gasteiger partial charge in [0.05, 0.1) is 15.2 Å². The molecule has 0 unspecified atom stereocenters. The molecule has 13 heavy (non-hydrogen) atoms. The van der Waals surface area contributed by atoms with Gasteiger partial charge < -0.3 is 4.74 Å². The molecule has 0 amide bonds. The summed E-state index contributed by atoms with van der Waals surface area (Å²) in [7, 11) is 0.0828. The van der Waals surface area contributed by atoms with E-state index in [-0.39, 0.29) is 5.82 Å². The average Bonchev–Trinajstić information content (AvgIpc) is 2.02. The molecular formula is C10H15FOSi. The van der Waals surface area contributed by atoms with E-state index in [1.54, 1.807) is 12.1 Å². The number of rotatable bonds is 2. The Bertz CT molecular complexity index is 304. The fourth-order valence-electron chi connectivity index (χ4n) is 1.13. The fourth-order valence-corrected chi connectivity index (χ4v) is 2.28. The van der Waals surface area contributed by atoms with Crippen LogP contribution >= 0.6 is 0 Å². The number of hydrogen-bond acceptors (Lipinski definition) is 1. The lowest BCUT2D eigenvalue weighted by molar-refractivity contribution is 0.387. The number of halogens is 1. The molecule has 0 aliphatic heterocycles. The Labute approximate surface area is 79.6 Å². The van der Waals surface area contributed by atoms with Crippen molar-refractivity contribution in [2.24, 2.45) is 0 Å². The van der Waals surface area contributed by atoms with Crippen LogP contribution in [-0.4, -0.2) is 15.2 Å². The van der Waals surface area contributed by atoms with Crippen molar-refractivity contribution < 1.29 is 9.13 Å². The molecule has 0 spiro atoms. The van der Waals surface area contributed by atoms with Crippen LogP contribution in [0.25, 0.3) is 0 Å². The van der Waals surface area contributed by atoms with Crippen LogP contribution in [0.2, 0.25) is 19.6 Å². The van der Waals surface area contributed by atoms with Crippen LogP contribution in [0.5, 0.6) is 5.75 Å². The first kappa shape index (κ1) is 10.2. The van der Waals surface area contributed by atoms with Crippen molar-refractivity contribution in [3.8, 4) is 5.75 Å². The van der Waals surface area contributed by atoms with E-state index >= 15 is 0 Å². The van der Waals surface area contributed by atoms with E-state index in [1.165, 1.54) is 7.11 Å². The Morgan fingerprint density at radius 3 is 2.23 bits per heavy atom. The molecule has 0 radical (unpaired) electrons. The third kappa shape index (κ3) is 2.31. The Hall–Kier alpha value is -0.833. The van der Waals surface area contributed by atoms with Gasteiger partial charge in [0.25, 0.3) is 0 Å². The molecule has 0 aliphatic carbocycles. The van der Waals surface area contributed by atoms with Gasteiger partial charge in [-0.1, -0.05) is 30.9 Å². The smallest absolute Gasteiger partial charge is 0.164 e. The lowest BCUT2D eigenvalue weighted by Gasteiger charge is -2.16. The maximum absolute atomic E-state index is 13.3. The maximum Gasteiger partial charge on any atom is 0.164 e. The Kier molecular flexibility index (Phi) is 2.76. The molecule has 1 nitrogen and oxygen atoms in total. The second kappa shape index (κ2) is 3.50. The second-order valence-electron chi connectivity index (χ2n) is 4.10. The Morgan fingerprint density at radius 2 is 1.85 bits per heavy atom. The molecule has 0 atom stereocenters. The highest BCUT2D eigenvalue weighted by Gasteiger charge is 2.17. The zero-order valence-electron chi connectivity index (χ0n) is 8.52. The molecule has 0 bridgehead atoms. The SMILES string of the molecule is COc1ccc([Si](C)(C)C)cc1F. The van der Waals surface area contributed by atoms with Crippen LogP contribution < -0.4 is 9.92 Å². The van der Waals surface area contributed by atoms with Gasteiger partial charge in [-0.15, -0.1) is 0 Å². The summed E-state index contributed by atoms with van der Waals surface area (Å²) in [4.78, 5) is 0. The molecule has 1 rings (SSSR count). The van der Waals surface area contributed by atoms with Gasteiger partial charge in [0.15, 0.2) is 11.6 Å². The summed E-state index contributed by atoms with van der Waals surface area (Å²) < 4.78 is 18.1. The van der Waals surface area contributed by atoms with Crippen molar-refractivity contribution in [3.05, 3.63) is 24.0 Å². The normalized spacial score (nSPS) is 11.5. The molecule has 0 aliphatic rings. The molecule has 0 heterocycles. The van der Waals surface area contributed by atoms with Crippen molar-refractivity contribution in [1.82, 2.24) is 0 Å². The van der Waals surface area contributed by atoms with E-state index in [0.717, 1.165) is 5.19 Å². The highest BCUT2D eigenvalue weighted by molar-refractivity contribution is 6.88. The van der Waals surface area contributed by atoms with E-state index in [2.05, 4.69) is 19.6 Å². The third-order valence-corrected chi connectivity index (χ3v) is 4.06. The van der Waals surface area contributed by atoms with Gasteiger partial charge in [-0.25, -0.2) is 4.39 Å². The summed E-state index contributed by atoms with van der Waals surface area (Å²) in [6.07, 6.45) is 0. The van der Waals surface area contributed by atoms with Crippen molar-refractivity contribution in [2.75, 3.05) is 7.11 Å². The molecule has 0 N–H and O–H groups in total. The molecule has 72 valence electrons. The van der Waals surface area contributed by atoms with Crippen LogP contribution in [0.1, 0.15) is 0 Å². The van der Waals surface area contributed by atoms with Crippen molar-refractivity contribution in [3.63, 3.8) is 0 Å². The summed E-state index contributed by atoms with van der Waals surface area (Å²) in [6.45, 7) is 6.57. The predicted molar refractivity (Wildman–Crippen MR) is 55.9 cm³/mol. The molecular weight excluding hydrogens is 183 g/mol. The minimum Gasteiger partial charge on any atom is -0.494 e. The minimum atomic E-state index is -1.40. The van der Waals surface area contributed by atoms with Crippen LogP contribution in [0, 0.1) is 5.82 Å². The Balaban J connectivity index is 3.10.